The van der Waals surface area contributed by atoms with Crippen LogP contribution in [0.5, 0.6) is 23.0 Å². The molecule has 0 amide bonds. The van der Waals surface area contributed by atoms with E-state index in [1.54, 1.807) is 49.1 Å². The molecule has 12 nitrogen and oxygen atoms in total. The first kappa shape index (κ1) is 42.3. The minimum absolute atomic E-state index is 0.0911. The Morgan fingerprint density at radius 2 is 0.609 bits per heavy atom. The summed E-state index contributed by atoms with van der Waals surface area (Å²) < 4.78 is 25.6. The molecule has 6 aromatic carbocycles. The zero-order chi connectivity index (χ0) is 43.8. The first-order chi connectivity index (χ1) is 31.3. The fraction of sp³-hybridized carbons (Fsp3) is 0.231. The molecule has 4 atom stereocenters. The van der Waals surface area contributed by atoms with Crippen LogP contribution in [0.1, 0.15) is 68.2 Å². The molecule has 9 rings (SSSR count). The third kappa shape index (κ3) is 10.3. The van der Waals surface area contributed by atoms with Crippen molar-refractivity contribution in [2.24, 2.45) is 20.0 Å². The van der Waals surface area contributed by atoms with Gasteiger partial charge in [0.1, 0.15) is 47.4 Å². The summed E-state index contributed by atoms with van der Waals surface area (Å²) in [4.78, 5) is 18.8. The van der Waals surface area contributed by atoms with E-state index in [1.807, 2.05) is 109 Å². The number of fused-ring (bicyclic) bond motifs is 10. The summed E-state index contributed by atoms with van der Waals surface area (Å²) >= 11 is 0. The van der Waals surface area contributed by atoms with E-state index in [1.165, 1.54) is 0 Å². The summed E-state index contributed by atoms with van der Waals surface area (Å²) in [5.41, 5.74) is 7.70. The van der Waals surface area contributed by atoms with Crippen molar-refractivity contribution in [3.8, 4) is 23.0 Å². The minimum atomic E-state index is -0.609. The average molecular weight is 857 g/mol. The van der Waals surface area contributed by atoms with Crippen LogP contribution >= 0.6 is 0 Å². The highest BCUT2D eigenvalue weighted by Gasteiger charge is 2.37. The van der Waals surface area contributed by atoms with E-state index in [4.69, 9.17) is 38.9 Å². The fourth-order valence-corrected chi connectivity index (χ4v) is 7.99. The molecule has 6 aromatic rings. The molecule has 12 heteroatoms. The first-order valence-electron chi connectivity index (χ1n) is 21.3. The average Bonchev–Trinajstić information content (AvgIpc) is 3.92. The highest BCUT2D eigenvalue weighted by Crippen LogP contribution is 2.34. The Hall–Kier alpha value is -6.96. The van der Waals surface area contributed by atoms with Crippen LogP contribution in [-0.2, 0) is 31.8 Å². The molecule has 0 saturated carbocycles. The maximum atomic E-state index is 10.8. The van der Waals surface area contributed by atoms with E-state index in [9.17, 15) is 20.4 Å². The number of hydrogen-bond donors (Lipinski definition) is 4. The van der Waals surface area contributed by atoms with Crippen LogP contribution in [0.25, 0.3) is 0 Å². The maximum absolute atomic E-state index is 10.8. The van der Waals surface area contributed by atoms with Crippen molar-refractivity contribution in [1.29, 1.82) is 0 Å². The predicted molar refractivity (Wildman–Crippen MR) is 246 cm³/mol. The molecule has 0 spiro atoms. The lowest BCUT2D eigenvalue weighted by Crippen LogP contribution is -2.28. The van der Waals surface area contributed by atoms with Crippen molar-refractivity contribution < 1.29 is 39.4 Å². The van der Waals surface area contributed by atoms with Crippen LogP contribution in [0.3, 0.4) is 0 Å². The van der Waals surface area contributed by atoms with Gasteiger partial charge < -0.3 is 39.4 Å². The molecule has 324 valence electrons. The Labute approximate surface area is 371 Å². The van der Waals surface area contributed by atoms with Gasteiger partial charge in [0.25, 0.3) is 0 Å². The molecule has 3 heterocycles. The van der Waals surface area contributed by atoms with Gasteiger partial charge in [0.05, 0.1) is 26.2 Å². The molecule has 0 unspecified atom stereocenters. The van der Waals surface area contributed by atoms with Crippen LogP contribution < -0.4 is 0 Å². The molecular formula is C52H48N4O8. The first-order valence-corrected chi connectivity index (χ1v) is 21.3. The van der Waals surface area contributed by atoms with Gasteiger partial charge in [0.2, 0.25) is 0 Å². The van der Waals surface area contributed by atoms with E-state index in [2.05, 4.69) is 0 Å². The number of nitrogens with zero attached hydrogens (tertiary/aromatic N) is 4. The van der Waals surface area contributed by atoms with Gasteiger partial charge in [-0.15, -0.1) is 0 Å². The molecule has 2 saturated heterocycles. The van der Waals surface area contributed by atoms with Gasteiger partial charge in [0.15, 0.2) is 12.6 Å². The van der Waals surface area contributed by atoms with Gasteiger partial charge in [-0.1, -0.05) is 84.9 Å². The third-order valence-electron chi connectivity index (χ3n) is 11.4. The predicted octanol–water partition coefficient (Wildman–Crippen LogP) is 8.05. The van der Waals surface area contributed by atoms with Gasteiger partial charge in [-0.2, -0.15) is 0 Å². The second kappa shape index (κ2) is 19.6. The third-order valence-corrected chi connectivity index (χ3v) is 11.4. The molecule has 0 aromatic heterocycles. The van der Waals surface area contributed by atoms with Crippen molar-refractivity contribution in [2.75, 3.05) is 26.2 Å². The number of benzene rings is 6. The topological polar surface area (TPSA) is 167 Å². The number of ether oxygens (including phenoxy) is 4. The van der Waals surface area contributed by atoms with Crippen molar-refractivity contribution in [2.45, 2.75) is 49.8 Å². The molecular weight excluding hydrogens is 809 g/mol. The molecule has 0 radical (unpaired) electrons. The zero-order valence-electron chi connectivity index (χ0n) is 34.9. The van der Waals surface area contributed by atoms with E-state index in [0.29, 0.717) is 35.1 Å². The SMILES string of the molecule is Oc1ccc2cc1C=NC[C@H]1OC(c3ccccc3)O[C@@H]1CN=Cc1cc(ccc1O)Cc1ccc(O)c(c1)C=NC[C@H]1OC(c3ccccc3)O[C@@H]1CN=Cc1cc(ccc1O)C2. The minimum Gasteiger partial charge on any atom is -0.507 e. The summed E-state index contributed by atoms with van der Waals surface area (Å²) in [7, 11) is 0. The molecule has 4 N–H and O–H groups in total. The van der Waals surface area contributed by atoms with Gasteiger partial charge in [-0.25, -0.2) is 0 Å². The normalized spacial score (nSPS) is 22.7. The monoisotopic (exact) mass is 856 g/mol. The number of phenols is 4. The lowest BCUT2D eigenvalue weighted by Gasteiger charge is -2.13. The van der Waals surface area contributed by atoms with Crippen LogP contribution in [0, 0.1) is 0 Å². The lowest BCUT2D eigenvalue weighted by atomic mass is 10.0. The van der Waals surface area contributed by atoms with Crippen molar-refractivity contribution in [3.05, 3.63) is 189 Å². The number of aliphatic imine (C=N–C) groups is 4. The van der Waals surface area contributed by atoms with Crippen LogP contribution in [0.2, 0.25) is 0 Å². The van der Waals surface area contributed by atoms with Crippen LogP contribution in [0.4, 0.5) is 0 Å². The summed E-state index contributed by atoms with van der Waals surface area (Å²) in [6.45, 7) is 0.998. The molecule has 8 bridgehead atoms. The molecule has 0 aliphatic carbocycles. The van der Waals surface area contributed by atoms with Crippen LogP contribution in [0.15, 0.2) is 153 Å². The number of aromatic hydroxyl groups is 4. The van der Waals surface area contributed by atoms with E-state index >= 15 is 0 Å². The van der Waals surface area contributed by atoms with Gasteiger partial charge in [-0.3, -0.25) is 20.0 Å². The highest BCUT2D eigenvalue weighted by molar-refractivity contribution is 5.86. The van der Waals surface area contributed by atoms with Crippen molar-refractivity contribution in [1.82, 2.24) is 0 Å². The Balaban J connectivity index is 1.02. The Morgan fingerprint density at radius 3 is 0.875 bits per heavy atom. The highest BCUT2D eigenvalue weighted by atomic mass is 16.7. The molecule has 3 aliphatic heterocycles. The Morgan fingerprint density at radius 1 is 0.344 bits per heavy atom. The zero-order valence-corrected chi connectivity index (χ0v) is 34.9. The smallest absolute Gasteiger partial charge is 0.184 e. The standard InChI is InChI=1S/C52H48N4O8/c57-43-15-11-33-19-35-13-17-45(59)41(23-35)27-55-31-49-50(64-52(63-49)38-9-5-2-6-10-38)32-56-28-42-24-36(14-18-46(42)60)20-34-12-16-44(58)40(22-34)26-54-30-48-47(29-53-25-39(43)21-33)61-51(62-48)37-7-3-1-4-8-37/h1-18,21-28,47-52,57-60H,19-20,29-32H2/t47-,48-,49-,50-,51?,52?/m1/s1. The van der Waals surface area contributed by atoms with E-state index in [-0.39, 0.29) is 49.2 Å². The van der Waals surface area contributed by atoms with Crippen LogP contribution in [-0.4, -0.2) is 95.9 Å². The van der Waals surface area contributed by atoms with Gasteiger partial charge in [0, 0.05) is 58.2 Å². The summed E-state index contributed by atoms with van der Waals surface area (Å²) in [5, 5.41) is 43.3. The summed E-state index contributed by atoms with van der Waals surface area (Å²) in [5.74, 6) is 0.365. The van der Waals surface area contributed by atoms with E-state index < -0.39 is 37.0 Å². The fourth-order valence-electron chi connectivity index (χ4n) is 7.99. The Kier molecular flexibility index (Phi) is 13.0. The Bertz CT molecular complexity index is 2360. The second-order valence-corrected chi connectivity index (χ2v) is 16.1. The number of rotatable bonds is 2. The van der Waals surface area contributed by atoms with Crippen molar-refractivity contribution in [3.63, 3.8) is 0 Å². The number of phenolic OH excluding ortho intramolecular Hbond substituents is 4. The molecule has 2 fully saturated rings. The number of hydrogen-bond acceptors (Lipinski definition) is 12. The van der Waals surface area contributed by atoms with E-state index in [0.717, 1.165) is 33.4 Å². The van der Waals surface area contributed by atoms with Gasteiger partial charge >= 0.3 is 0 Å². The molecule has 3 aliphatic rings. The second-order valence-electron chi connectivity index (χ2n) is 16.1. The summed E-state index contributed by atoms with van der Waals surface area (Å²) in [6, 6.07) is 41.0. The van der Waals surface area contributed by atoms with Crippen molar-refractivity contribution >= 4 is 24.9 Å². The quantitative estimate of drug-likeness (QED) is 0.136. The molecule has 64 heavy (non-hydrogen) atoms. The lowest BCUT2D eigenvalue weighted by molar-refractivity contribution is -0.0671. The summed E-state index contributed by atoms with van der Waals surface area (Å²) in [6.07, 6.45) is 4.61. The maximum Gasteiger partial charge on any atom is 0.184 e. The van der Waals surface area contributed by atoms with Gasteiger partial charge in [-0.05, 0) is 83.6 Å². The largest absolute Gasteiger partial charge is 0.507 e.